The van der Waals surface area contributed by atoms with Crippen LogP contribution >= 0.6 is 0 Å². The number of aromatic nitrogens is 2. The average molecular weight is 436 g/mol. The van der Waals surface area contributed by atoms with Gasteiger partial charge in [-0.2, -0.15) is 13.2 Å². The molecule has 3 rings (SSSR count). The summed E-state index contributed by atoms with van der Waals surface area (Å²) in [5.41, 5.74) is 2.42. The van der Waals surface area contributed by atoms with Crippen LogP contribution in [0.1, 0.15) is 59.8 Å². The summed E-state index contributed by atoms with van der Waals surface area (Å²) >= 11 is 0. The number of hydrogen-bond donors (Lipinski definition) is 1. The zero-order valence-electron chi connectivity index (χ0n) is 17.4. The smallest absolute Gasteiger partial charge is 0.392 e. The van der Waals surface area contributed by atoms with E-state index in [1.54, 1.807) is 30.9 Å². The molecule has 1 atom stereocenters. The minimum absolute atomic E-state index is 0.130. The molecular formula is C21H23F3N4O3. The minimum Gasteiger partial charge on any atom is -0.477 e. The van der Waals surface area contributed by atoms with Gasteiger partial charge in [0.1, 0.15) is 5.82 Å². The average Bonchev–Trinajstić information content (AvgIpc) is 3.05. The first-order valence-electron chi connectivity index (χ1n) is 9.85. The van der Waals surface area contributed by atoms with Gasteiger partial charge in [0.05, 0.1) is 25.6 Å². The van der Waals surface area contributed by atoms with Crippen molar-refractivity contribution in [3.05, 3.63) is 46.8 Å². The van der Waals surface area contributed by atoms with E-state index >= 15 is 0 Å². The maximum atomic E-state index is 12.9. The van der Waals surface area contributed by atoms with E-state index in [1.165, 1.54) is 12.4 Å². The van der Waals surface area contributed by atoms with Crippen molar-refractivity contribution in [3.63, 3.8) is 0 Å². The Balaban J connectivity index is 1.75. The molecule has 0 saturated heterocycles. The highest BCUT2D eigenvalue weighted by molar-refractivity contribution is 6.01. The van der Waals surface area contributed by atoms with Gasteiger partial charge in [0.15, 0.2) is 0 Å². The third-order valence-electron chi connectivity index (χ3n) is 5.08. The number of hydrogen-bond acceptors (Lipinski definition) is 5. The van der Waals surface area contributed by atoms with E-state index in [0.717, 1.165) is 0 Å². The lowest BCUT2D eigenvalue weighted by Gasteiger charge is -2.25. The number of rotatable bonds is 7. The molecule has 3 heterocycles. The fourth-order valence-corrected chi connectivity index (χ4v) is 3.30. The third-order valence-corrected chi connectivity index (χ3v) is 5.08. The molecule has 31 heavy (non-hydrogen) atoms. The molecule has 7 nitrogen and oxygen atoms in total. The van der Waals surface area contributed by atoms with Crippen molar-refractivity contribution in [1.29, 1.82) is 0 Å². The van der Waals surface area contributed by atoms with Crippen LogP contribution in [0.2, 0.25) is 0 Å². The Labute approximate surface area is 177 Å². The predicted octanol–water partition coefficient (Wildman–Crippen LogP) is 4.18. The second-order valence-corrected chi connectivity index (χ2v) is 7.30. The topological polar surface area (TPSA) is 84.4 Å². The van der Waals surface area contributed by atoms with Crippen LogP contribution in [0.15, 0.2) is 24.5 Å². The van der Waals surface area contributed by atoms with E-state index in [9.17, 15) is 22.8 Å². The summed E-state index contributed by atoms with van der Waals surface area (Å²) < 4.78 is 42.1. The summed E-state index contributed by atoms with van der Waals surface area (Å²) in [6.07, 6.45) is -2.08. The van der Waals surface area contributed by atoms with Crippen LogP contribution < -0.4 is 10.1 Å². The molecule has 2 amide bonds. The molecule has 10 heteroatoms. The van der Waals surface area contributed by atoms with Crippen molar-refractivity contribution in [3.8, 4) is 5.88 Å². The van der Waals surface area contributed by atoms with Crippen molar-refractivity contribution in [1.82, 2.24) is 14.9 Å². The second-order valence-electron chi connectivity index (χ2n) is 7.30. The zero-order chi connectivity index (χ0) is 22.8. The molecule has 0 saturated carbocycles. The molecule has 0 radical (unpaired) electrons. The summed E-state index contributed by atoms with van der Waals surface area (Å²) in [7, 11) is 0. The molecule has 1 N–H and O–H groups in total. The van der Waals surface area contributed by atoms with Crippen molar-refractivity contribution in [2.24, 2.45) is 0 Å². The largest absolute Gasteiger partial charge is 0.477 e. The van der Waals surface area contributed by atoms with Crippen LogP contribution in [0.25, 0.3) is 0 Å². The molecular weight excluding hydrogens is 413 g/mol. The normalized spacial score (nSPS) is 14.4. The molecule has 2 aromatic heterocycles. The molecule has 0 aliphatic carbocycles. The lowest BCUT2D eigenvalue weighted by molar-refractivity contribution is -0.139. The van der Waals surface area contributed by atoms with Gasteiger partial charge in [-0.1, -0.05) is 6.92 Å². The van der Waals surface area contributed by atoms with Gasteiger partial charge in [-0.05, 0) is 31.5 Å². The number of ether oxygens (including phenoxy) is 1. The summed E-state index contributed by atoms with van der Waals surface area (Å²) in [5.74, 6) is 0.112. The summed E-state index contributed by atoms with van der Waals surface area (Å²) in [4.78, 5) is 34.7. The first-order chi connectivity index (χ1) is 14.6. The number of fused-ring (bicyclic) bond motifs is 1. The number of alkyl halides is 3. The van der Waals surface area contributed by atoms with Gasteiger partial charge < -0.3 is 15.0 Å². The first kappa shape index (κ1) is 22.5. The van der Waals surface area contributed by atoms with Gasteiger partial charge >= 0.3 is 6.18 Å². The van der Waals surface area contributed by atoms with E-state index in [1.807, 2.05) is 6.92 Å². The number of nitrogens with zero attached hydrogens (tertiary/aromatic N) is 3. The van der Waals surface area contributed by atoms with Crippen LogP contribution in [-0.2, 0) is 11.3 Å². The van der Waals surface area contributed by atoms with Gasteiger partial charge in [-0.3, -0.25) is 9.59 Å². The summed E-state index contributed by atoms with van der Waals surface area (Å²) in [5, 5.41) is 2.72. The van der Waals surface area contributed by atoms with E-state index in [2.05, 4.69) is 15.3 Å². The van der Waals surface area contributed by atoms with E-state index in [4.69, 9.17) is 4.74 Å². The molecule has 1 aliphatic heterocycles. The van der Waals surface area contributed by atoms with Crippen molar-refractivity contribution in [2.75, 3.05) is 11.9 Å². The standard InChI is InChI=1S/C21H23F3N4O3/c1-4-17(29)27-18-16-11-28(20(30)15(16)5-7-25-18)13(3)14-9-12(2)19(26-10-14)31-8-6-21(22,23)24/h5,7,9-10,13H,4,6,8,11H2,1-3H3,(H,25,27,29). The monoisotopic (exact) mass is 436 g/mol. The molecule has 166 valence electrons. The Morgan fingerprint density at radius 2 is 2.10 bits per heavy atom. The van der Waals surface area contributed by atoms with Crippen LogP contribution in [-0.4, -0.2) is 39.5 Å². The number of anilines is 1. The van der Waals surface area contributed by atoms with E-state index in [-0.39, 0.29) is 30.3 Å². The molecule has 1 aliphatic rings. The lowest BCUT2D eigenvalue weighted by Crippen LogP contribution is -2.27. The van der Waals surface area contributed by atoms with E-state index in [0.29, 0.717) is 34.5 Å². The lowest BCUT2D eigenvalue weighted by atomic mass is 10.1. The summed E-state index contributed by atoms with van der Waals surface area (Å²) in [6, 6.07) is 3.01. The van der Waals surface area contributed by atoms with Crippen molar-refractivity contribution < 1.29 is 27.5 Å². The highest BCUT2D eigenvalue weighted by Gasteiger charge is 2.34. The van der Waals surface area contributed by atoms with E-state index < -0.39 is 19.2 Å². The Kier molecular flexibility index (Phi) is 6.47. The van der Waals surface area contributed by atoms with Crippen LogP contribution in [0.3, 0.4) is 0 Å². The fourth-order valence-electron chi connectivity index (χ4n) is 3.30. The highest BCUT2D eigenvalue weighted by Crippen LogP contribution is 2.34. The van der Waals surface area contributed by atoms with Crippen LogP contribution in [0, 0.1) is 6.92 Å². The second kappa shape index (κ2) is 8.91. The zero-order valence-corrected chi connectivity index (χ0v) is 17.4. The maximum absolute atomic E-state index is 12.9. The van der Waals surface area contributed by atoms with Crippen molar-refractivity contribution in [2.45, 2.75) is 52.4 Å². The first-order valence-corrected chi connectivity index (χ1v) is 9.85. The summed E-state index contributed by atoms with van der Waals surface area (Å²) in [6.45, 7) is 5.01. The Morgan fingerprint density at radius 1 is 1.35 bits per heavy atom. The molecule has 0 bridgehead atoms. The fraction of sp³-hybridized carbons (Fsp3) is 0.429. The van der Waals surface area contributed by atoms with Gasteiger partial charge in [0.2, 0.25) is 11.8 Å². The van der Waals surface area contributed by atoms with Gasteiger partial charge in [-0.15, -0.1) is 0 Å². The Morgan fingerprint density at radius 3 is 2.74 bits per heavy atom. The molecule has 0 spiro atoms. The van der Waals surface area contributed by atoms with Gasteiger partial charge in [0.25, 0.3) is 5.91 Å². The van der Waals surface area contributed by atoms with Gasteiger partial charge in [-0.25, -0.2) is 9.97 Å². The number of nitrogens with one attached hydrogen (secondary N) is 1. The number of carbonyl (C=O) groups excluding carboxylic acids is 2. The predicted molar refractivity (Wildman–Crippen MR) is 107 cm³/mol. The number of carbonyl (C=O) groups is 2. The van der Waals surface area contributed by atoms with Crippen LogP contribution in [0.4, 0.5) is 19.0 Å². The molecule has 0 aromatic carbocycles. The highest BCUT2D eigenvalue weighted by atomic mass is 19.4. The molecule has 1 unspecified atom stereocenters. The molecule has 2 aromatic rings. The maximum Gasteiger partial charge on any atom is 0.392 e. The number of amides is 2. The Hall–Kier alpha value is -3.17. The van der Waals surface area contributed by atoms with Crippen molar-refractivity contribution >= 4 is 17.6 Å². The number of pyridine rings is 2. The number of halogens is 3. The third kappa shape index (κ3) is 5.12. The SMILES string of the molecule is CCC(=O)Nc1nccc2c1CN(C(C)c1cnc(OCCC(F)(F)F)c(C)c1)C2=O. The Bertz CT molecular complexity index is 994. The minimum atomic E-state index is -4.29. The number of aryl methyl sites for hydroxylation is 1. The van der Waals surface area contributed by atoms with Gasteiger partial charge in [0, 0.05) is 35.5 Å². The molecule has 0 fully saturated rings. The quantitative estimate of drug-likeness (QED) is 0.704. The van der Waals surface area contributed by atoms with Crippen LogP contribution in [0.5, 0.6) is 5.88 Å².